The molecule has 0 atom stereocenters. The Morgan fingerprint density at radius 2 is 1.80 bits per heavy atom. The second-order valence-corrected chi connectivity index (χ2v) is 8.72. The van der Waals surface area contributed by atoms with E-state index in [9.17, 15) is 9.18 Å². The molecule has 1 saturated heterocycles. The molecule has 0 spiro atoms. The lowest BCUT2D eigenvalue weighted by Gasteiger charge is -2.34. The molecule has 1 heterocycles. The minimum absolute atomic E-state index is 0.0496. The van der Waals surface area contributed by atoms with E-state index >= 15 is 0 Å². The highest BCUT2D eigenvalue weighted by atomic mass is 35.5. The van der Waals surface area contributed by atoms with Crippen molar-refractivity contribution >= 4 is 23.6 Å². The molecule has 5 nitrogen and oxygen atoms in total. The van der Waals surface area contributed by atoms with E-state index in [1.807, 2.05) is 48.5 Å². The normalized spacial score (nSPS) is 14.3. The Morgan fingerprint density at radius 3 is 2.51 bits per heavy atom. The van der Waals surface area contributed by atoms with Gasteiger partial charge in [-0.05, 0) is 48.0 Å². The molecule has 0 aliphatic carbocycles. The van der Waals surface area contributed by atoms with Crippen LogP contribution in [0.3, 0.4) is 0 Å². The van der Waals surface area contributed by atoms with Crippen LogP contribution in [0.2, 0.25) is 5.02 Å². The average molecular weight is 495 g/mol. The van der Waals surface area contributed by atoms with Gasteiger partial charge in [-0.2, -0.15) is 0 Å². The number of carbonyl (C=O) groups excluding carboxylic acids is 1. The maximum absolute atomic E-state index is 14.1. The molecule has 1 aliphatic heterocycles. The molecule has 0 bridgehead atoms. The lowest BCUT2D eigenvalue weighted by molar-refractivity contribution is -0.127. The number of hydrogen-bond acceptors (Lipinski definition) is 4. The summed E-state index contributed by atoms with van der Waals surface area (Å²) < 4.78 is 25.4. The minimum atomic E-state index is -0.299. The summed E-state index contributed by atoms with van der Waals surface area (Å²) in [4.78, 5) is 16.7. The Hall–Kier alpha value is -3.35. The molecular formula is C28H28ClFN2O3. The van der Waals surface area contributed by atoms with Crippen LogP contribution in [0.1, 0.15) is 16.7 Å². The third-order valence-electron chi connectivity index (χ3n) is 5.99. The van der Waals surface area contributed by atoms with Gasteiger partial charge in [0.1, 0.15) is 23.9 Å². The Morgan fingerprint density at radius 1 is 1.03 bits per heavy atom. The standard InChI is InChI=1S/C28H28ClFN2O3/c1-34-27-12-10-21(18-22(27)20-35-23-6-3-2-4-7-23)11-13-28(33)32-16-14-31(15-17-32)19-24-25(29)8-5-9-26(24)30/h2-13,18H,14-17,19-20H2,1H3/b13-11+. The molecule has 182 valence electrons. The first kappa shape index (κ1) is 24.8. The molecule has 4 rings (SSSR count). The van der Waals surface area contributed by atoms with E-state index in [4.69, 9.17) is 21.1 Å². The number of benzene rings is 3. The third kappa shape index (κ3) is 6.62. The highest BCUT2D eigenvalue weighted by Crippen LogP contribution is 2.24. The number of hydrogen-bond donors (Lipinski definition) is 0. The fraction of sp³-hybridized carbons (Fsp3) is 0.250. The van der Waals surface area contributed by atoms with E-state index in [1.165, 1.54) is 6.07 Å². The van der Waals surface area contributed by atoms with Crippen LogP contribution in [-0.4, -0.2) is 49.0 Å². The second kappa shape index (κ2) is 11.9. The summed E-state index contributed by atoms with van der Waals surface area (Å²) in [6.45, 7) is 3.27. The molecular weight excluding hydrogens is 467 g/mol. The molecule has 7 heteroatoms. The summed E-state index contributed by atoms with van der Waals surface area (Å²) >= 11 is 6.15. The van der Waals surface area contributed by atoms with E-state index in [2.05, 4.69) is 4.90 Å². The predicted octanol–water partition coefficient (Wildman–Crippen LogP) is 5.42. The number of para-hydroxylation sites is 1. The van der Waals surface area contributed by atoms with Crippen LogP contribution >= 0.6 is 11.6 Å². The summed E-state index contributed by atoms with van der Waals surface area (Å²) in [6.07, 6.45) is 3.40. The van der Waals surface area contributed by atoms with E-state index in [-0.39, 0.29) is 11.7 Å². The van der Waals surface area contributed by atoms with Gasteiger partial charge in [0.15, 0.2) is 0 Å². The molecule has 3 aromatic rings. The summed E-state index contributed by atoms with van der Waals surface area (Å²) in [7, 11) is 1.63. The van der Waals surface area contributed by atoms with Gasteiger partial charge >= 0.3 is 0 Å². The molecule has 1 aliphatic rings. The van der Waals surface area contributed by atoms with Gasteiger partial charge in [-0.1, -0.05) is 41.9 Å². The van der Waals surface area contributed by atoms with Crippen LogP contribution in [0.25, 0.3) is 6.08 Å². The molecule has 0 radical (unpaired) electrons. The highest BCUT2D eigenvalue weighted by molar-refractivity contribution is 6.31. The van der Waals surface area contributed by atoms with Crippen molar-refractivity contribution < 1.29 is 18.7 Å². The van der Waals surface area contributed by atoms with Gasteiger partial charge in [0.05, 0.1) is 7.11 Å². The maximum Gasteiger partial charge on any atom is 0.246 e. The number of piperazine rings is 1. The zero-order valence-corrected chi connectivity index (χ0v) is 20.4. The fourth-order valence-electron chi connectivity index (χ4n) is 4.00. The van der Waals surface area contributed by atoms with Crippen molar-refractivity contribution in [2.45, 2.75) is 13.2 Å². The van der Waals surface area contributed by atoms with Gasteiger partial charge in [-0.15, -0.1) is 0 Å². The van der Waals surface area contributed by atoms with Gasteiger partial charge in [0, 0.05) is 54.9 Å². The summed E-state index contributed by atoms with van der Waals surface area (Å²) in [5.74, 6) is 1.16. The number of carbonyl (C=O) groups is 1. The first-order chi connectivity index (χ1) is 17.0. The number of methoxy groups -OCH3 is 1. The van der Waals surface area contributed by atoms with Crippen LogP contribution in [0, 0.1) is 5.82 Å². The van der Waals surface area contributed by atoms with Crippen molar-refractivity contribution in [3.8, 4) is 11.5 Å². The maximum atomic E-state index is 14.1. The lowest BCUT2D eigenvalue weighted by atomic mass is 10.1. The van der Waals surface area contributed by atoms with Crippen LogP contribution in [0.15, 0.2) is 72.8 Å². The summed E-state index contributed by atoms with van der Waals surface area (Å²) in [6, 6.07) is 20.1. The summed E-state index contributed by atoms with van der Waals surface area (Å²) in [5.41, 5.74) is 2.28. The Bertz CT molecular complexity index is 1160. The lowest BCUT2D eigenvalue weighted by Crippen LogP contribution is -2.47. The molecule has 0 unspecified atom stereocenters. The second-order valence-electron chi connectivity index (χ2n) is 8.31. The van der Waals surface area contributed by atoms with Crippen molar-refractivity contribution in [3.63, 3.8) is 0 Å². The molecule has 35 heavy (non-hydrogen) atoms. The van der Waals surface area contributed by atoms with Crippen LogP contribution < -0.4 is 9.47 Å². The fourth-order valence-corrected chi connectivity index (χ4v) is 4.22. The smallest absolute Gasteiger partial charge is 0.246 e. The first-order valence-electron chi connectivity index (χ1n) is 11.5. The van der Waals surface area contributed by atoms with Gasteiger partial charge in [0.25, 0.3) is 0 Å². The Kier molecular flexibility index (Phi) is 8.40. The van der Waals surface area contributed by atoms with Gasteiger partial charge in [0.2, 0.25) is 5.91 Å². The Balaban J connectivity index is 1.33. The SMILES string of the molecule is COc1ccc(/C=C/C(=O)N2CCN(Cc3c(F)cccc3Cl)CC2)cc1COc1ccccc1. The highest BCUT2D eigenvalue weighted by Gasteiger charge is 2.21. The minimum Gasteiger partial charge on any atom is -0.496 e. The van der Waals surface area contributed by atoms with Crippen LogP contribution in [0.4, 0.5) is 4.39 Å². The average Bonchev–Trinajstić information content (AvgIpc) is 2.89. The molecule has 0 aromatic heterocycles. The number of rotatable bonds is 8. The van der Waals surface area contributed by atoms with Crippen molar-refractivity contribution in [2.75, 3.05) is 33.3 Å². The zero-order chi connectivity index (χ0) is 24.6. The van der Waals surface area contributed by atoms with Crippen molar-refractivity contribution in [3.05, 3.63) is 100 Å². The largest absolute Gasteiger partial charge is 0.496 e. The molecule has 0 saturated carbocycles. The Labute approximate surface area is 210 Å². The number of nitrogens with zero attached hydrogens (tertiary/aromatic N) is 2. The van der Waals surface area contributed by atoms with Crippen molar-refractivity contribution in [1.29, 1.82) is 0 Å². The van der Waals surface area contributed by atoms with Crippen LogP contribution in [0.5, 0.6) is 11.5 Å². The molecule has 0 N–H and O–H groups in total. The third-order valence-corrected chi connectivity index (χ3v) is 6.34. The van der Waals surface area contributed by atoms with E-state index in [0.29, 0.717) is 49.9 Å². The van der Waals surface area contributed by atoms with E-state index in [1.54, 1.807) is 36.3 Å². The van der Waals surface area contributed by atoms with Gasteiger partial charge < -0.3 is 14.4 Å². The van der Waals surface area contributed by atoms with Crippen molar-refractivity contribution in [2.24, 2.45) is 0 Å². The van der Waals surface area contributed by atoms with E-state index in [0.717, 1.165) is 22.6 Å². The van der Waals surface area contributed by atoms with Crippen molar-refractivity contribution in [1.82, 2.24) is 9.80 Å². The topological polar surface area (TPSA) is 42.0 Å². The summed E-state index contributed by atoms with van der Waals surface area (Å²) in [5, 5.41) is 0.430. The first-order valence-corrected chi connectivity index (χ1v) is 11.9. The predicted molar refractivity (Wildman–Crippen MR) is 136 cm³/mol. The molecule has 3 aromatic carbocycles. The monoisotopic (exact) mass is 494 g/mol. The number of halogens is 2. The molecule has 1 amide bonds. The van der Waals surface area contributed by atoms with Gasteiger partial charge in [-0.3, -0.25) is 9.69 Å². The quantitative estimate of drug-likeness (QED) is 0.392. The zero-order valence-electron chi connectivity index (χ0n) is 19.6. The van der Waals surface area contributed by atoms with Gasteiger partial charge in [-0.25, -0.2) is 4.39 Å². The molecule has 1 fully saturated rings. The number of ether oxygens (including phenoxy) is 2. The number of amides is 1. The van der Waals surface area contributed by atoms with Crippen LogP contribution in [-0.2, 0) is 17.9 Å². The van der Waals surface area contributed by atoms with E-state index < -0.39 is 0 Å².